The van der Waals surface area contributed by atoms with Crippen LogP contribution in [0.1, 0.15) is 42.3 Å². The van der Waals surface area contributed by atoms with Crippen molar-refractivity contribution in [2.45, 2.75) is 44.2 Å². The van der Waals surface area contributed by atoms with Crippen LogP contribution in [0.3, 0.4) is 0 Å². The van der Waals surface area contributed by atoms with E-state index in [0.717, 1.165) is 44.0 Å². The Kier molecular flexibility index (Phi) is 3.54. The van der Waals surface area contributed by atoms with E-state index in [1.807, 2.05) is 0 Å². The predicted molar refractivity (Wildman–Crippen MR) is 74.2 cm³/mol. The number of hydrogen-bond donors (Lipinski definition) is 1. The number of thiazole rings is 1. The van der Waals surface area contributed by atoms with Crippen LogP contribution < -0.4 is 10.6 Å². The van der Waals surface area contributed by atoms with E-state index in [1.165, 1.54) is 17.0 Å². The minimum absolute atomic E-state index is 0.211. The Bertz CT molecular complexity index is 414. The van der Waals surface area contributed by atoms with Gasteiger partial charge in [0.1, 0.15) is 0 Å². The van der Waals surface area contributed by atoms with E-state index >= 15 is 0 Å². The summed E-state index contributed by atoms with van der Waals surface area (Å²) in [7, 11) is 2.16. The number of hydrogen-bond acceptors (Lipinski definition) is 5. The van der Waals surface area contributed by atoms with E-state index in [-0.39, 0.29) is 6.04 Å². The van der Waals surface area contributed by atoms with Gasteiger partial charge >= 0.3 is 0 Å². The van der Waals surface area contributed by atoms with Gasteiger partial charge < -0.3 is 15.4 Å². The van der Waals surface area contributed by atoms with Crippen molar-refractivity contribution >= 4 is 16.5 Å². The molecule has 1 aliphatic heterocycles. The molecule has 0 radical (unpaired) electrons. The Morgan fingerprint density at radius 3 is 2.83 bits per heavy atom. The smallest absolute Gasteiger partial charge is 0.185 e. The highest BCUT2D eigenvalue weighted by Gasteiger charge is 2.26. The van der Waals surface area contributed by atoms with Crippen LogP contribution in [0.25, 0.3) is 0 Å². The summed E-state index contributed by atoms with van der Waals surface area (Å²) in [6.07, 6.45) is 5.59. The molecule has 1 fully saturated rings. The van der Waals surface area contributed by atoms with Crippen molar-refractivity contribution in [2.75, 3.05) is 25.2 Å². The molecule has 2 N–H and O–H groups in total. The van der Waals surface area contributed by atoms with Crippen LogP contribution in [-0.4, -0.2) is 31.3 Å². The van der Waals surface area contributed by atoms with E-state index in [0.29, 0.717) is 6.04 Å². The number of aromatic nitrogens is 1. The molecular formula is C13H21N3OS. The first kappa shape index (κ1) is 12.4. The minimum Gasteiger partial charge on any atom is -0.381 e. The van der Waals surface area contributed by atoms with Gasteiger partial charge in [-0.05, 0) is 32.1 Å². The third-order valence-electron chi connectivity index (χ3n) is 4.02. The molecule has 2 heterocycles. The maximum Gasteiger partial charge on any atom is 0.185 e. The maximum atomic E-state index is 6.17. The molecule has 1 atom stereocenters. The van der Waals surface area contributed by atoms with Crippen molar-refractivity contribution in [3.8, 4) is 0 Å². The highest BCUT2D eigenvalue weighted by atomic mass is 32.1. The summed E-state index contributed by atoms with van der Waals surface area (Å²) in [5, 5.41) is 1.14. The van der Waals surface area contributed by atoms with Crippen LogP contribution in [0.4, 0.5) is 5.13 Å². The van der Waals surface area contributed by atoms with Crippen LogP contribution in [0.5, 0.6) is 0 Å². The number of aryl methyl sites for hydroxylation is 1. The van der Waals surface area contributed by atoms with Gasteiger partial charge in [0, 0.05) is 37.2 Å². The fraction of sp³-hybridized carbons (Fsp3) is 0.769. The van der Waals surface area contributed by atoms with Crippen molar-refractivity contribution in [2.24, 2.45) is 5.73 Å². The van der Waals surface area contributed by atoms with Gasteiger partial charge in [-0.2, -0.15) is 0 Å². The molecule has 3 rings (SSSR count). The lowest BCUT2D eigenvalue weighted by atomic mass is 9.99. The second-order valence-electron chi connectivity index (χ2n) is 5.26. The number of nitrogens with zero attached hydrogens (tertiary/aromatic N) is 2. The van der Waals surface area contributed by atoms with Crippen LogP contribution in [0.15, 0.2) is 0 Å². The molecule has 18 heavy (non-hydrogen) atoms. The Labute approximate surface area is 112 Å². The van der Waals surface area contributed by atoms with Crippen molar-refractivity contribution < 1.29 is 4.74 Å². The SMILES string of the molecule is CN(c1nc2c(s1)C(N)CCC2)C1CCOCC1. The quantitative estimate of drug-likeness (QED) is 0.891. The average Bonchev–Trinajstić information content (AvgIpc) is 2.84. The highest BCUT2D eigenvalue weighted by molar-refractivity contribution is 7.15. The molecular weight excluding hydrogens is 246 g/mol. The fourth-order valence-electron chi connectivity index (χ4n) is 2.82. The summed E-state index contributed by atoms with van der Waals surface area (Å²) in [4.78, 5) is 8.45. The lowest BCUT2D eigenvalue weighted by Crippen LogP contribution is -2.36. The summed E-state index contributed by atoms with van der Waals surface area (Å²) in [5.74, 6) is 0. The summed E-state index contributed by atoms with van der Waals surface area (Å²) < 4.78 is 5.42. The normalized spacial score (nSPS) is 24.9. The number of rotatable bonds is 2. The molecule has 1 aromatic heterocycles. The number of fused-ring (bicyclic) bond motifs is 1. The Hall–Kier alpha value is -0.650. The first-order valence-electron chi connectivity index (χ1n) is 6.81. The van der Waals surface area contributed by atoms with Gasteiger partial charge in [0.05, 0.1) is 5.69 Å². The summed E-state index contributed by atoms with van der Waals surface area (Å²) in [5.41, 5.74) is 7.41. The number of nitrogens with two attached hydrogens (primary N) is 1. The monoisotopic (exact) mass is 267 g/mol. The van der Waals surface area contributed by atoms with Crippen LogP contribution in [0.2, 0.25) is 0 Å². The highest BCUT2D eigenvalue weighted by Crippen LogP contribution is 2.37. The topological polar surface area (TPSA) is 51.4 Å². The third kappa shape index (κ3) is 2.27. The lowest BCUT2D eigenvalue weighted by molar-refractivity contribution is 0.0855. The molecule has 1 saturated heterocycles. The zero-order valence-electron chi connectivity index (χ0n) is 10.9. The summed E-state index contributed by atoms with van der Waals surface area (Å²) in [6.45, 7) is 1.75. The second-order valence-corrected chi connectivity index (χ2v) is 6.27. The Morgan fingerprint density at radius 1 is 1.33 bits per heavy atom. The van der Waals surface area contributed by atoms with Gasteiger partial charge in [0.2, 0.25) is 0 Å². The molecule has 0 spiro atoms. The standard InChI is InChI=1S/C13H21N3OS/c1-16(9-5-7-17-8-6-9)13-15-11-4-2-3-10(14)12(11)18-13/h9-10H,2-8,14H2,1H3. The third-order valence-corrected chi connectivity index (χ3v) is 5.34. The zero-order chi connectivity index (χ0) is 12.5. The van der Waals surface area contributed by atoms with Gasteiger partial charge in [0.25, 0.3) is 0 Å². The molecule has 0 aromatic carbocycles. The molecule has 0 bridgehead atoms. The second kappa shape index (κ2) is 5.15. The van der Waals surface area contributed by atoms with Gasteiger partial charge in [-0.15, -0.1) is 0 Å². The van der Waals surface area contributed by atoms with Crippen molar-refractivity contribution in [3.05, 3.63) is 10.6 Å². The summed E-state index contributed by atoms with van der Waals surface area (Å²) >= 11 is 1.79. The Morgan fingerprint density at radius 2 is 2.11 bits per heavy atom. The number of ether oxygens (including phenoxy) is 1. The lowest BCUT2D eigenvalue weighted by Gasteiger charge is -2.30. The zero-order valence-corrected chi connectivity index (χ0v) is 11.7. The molecule has 5 heteroatoms. The first-order valence-corrected chi connectivity index (χ1v) is 7.63. The van der Waals surface area contributed by atoms with E-state index in [4.69, 9.17) is 15.5 Å². The average molecular weight is 267 g/mol. The molecule has 0 amide bonds. The maximum absolute atomic E-state index is 6.17. The van der Waals surface area contributed by atoms with Crippen LogP contribution in [0, 0.1) is 0 Å². The van der Waals surface area contributed by atoms with Crippen molar-refractivity contribution in [3.63, 3.8) is 0 Å². The molecule has 1 unspecified atom stereocenters. The van der Waals surface area contributed by atoms with E-state index in [1.54, 1.807) is 11.3 Å². The fourth-order valence-corrected chi connectivity index (χ4v) is 4.00. The van der Waals surface area contributed by atoms with Crippen LogP contribution >= 0.6 is 11.3 Å². The van der Waals surface area contributed by atoms with Gasteiger partial charge in [-0.25, -0.2) is 4.98 Å². The van der Waals surface area contributed by atoms with E-state index in [2.05, 4.69) is 11.9 Å². The van der Waals surface area contributed by atoms with E-state index < -0.39 is 0 Å². The minimum atomic E-state index is 0.211. The van der Waals surface area contributed by atoms with Crippen molar-refractivity contribution in [1.82, 2.24) is 4.98 Å². The molecule has 4 nitrogen and oxygen atoms in total. The van der Waals surface area contributed by atoms with Crippen molar-refractivity contribution in [1.29, 1.82) is 0 Å². The predicted octanol–water partition coefficient (Wildman–Crippen LogP) is 2.09. The molecule has 1 aromatic rings. The van der Waals surface area contributed by atoms with Crippen LogP contribution in [-0.2, 0) is 11.2 Å². The molecule has 2 aliphatic rings. The summed E-state index contributed by atoms with van der Waals surface area (Å²) in [6, 6.07) is 0.783. The Balaban J connectivity index is 1.79. The number of anilines is 1. The molecule has 100 valence electrons. The van der Waals surface area contributed by atoms with Gasteiger partial charge in [0.15, 0.2) is 5.13 Å². The molecule has 0 saturated carbocycles. The first-order chi connectivity index (χ1) is 8.75. The largest absolute Gasteiger partial charge is 0.381 e. The van der Waals surface area contributed by atoms with Gasteiger partial charge in [-0.3, -0.25) is 0 Å². The van der Waals surface area contributed by atoms with E-state index in [9.17, 15) is 0 Å². The van der Waals surface area contributed by atoms with Gasteiger partial charge in [-0.1, -0.05) is 11.3 Å². The molecule has 1 aliphatic carbocycles.